The van der Waals surface area contributed by atoms with E-state index in [-0.39, 0.29) is 0 Å². The Balaban J connectivity index is 1.97. The monoisotopic (exact) mass is 237 g/mol. The standard InChI is InChI=1S/C17H19N/c1-13-7-5-6-10-16(13)17(18-15-11-12-15)14-8-3-2-4-9-14/h2-10,15,17-18H,11-12H2,1H3. The minimum atomic E-state index is 0.333. The van der Waals surface area contributed by atoms with E-state index in [1.807, 2.05) is 0 Å². The molecule has 1 unspecified atom stereocenters. The van der Waals surface area contributed by atoms with E-state index in [0.717, 1.165) is 0 Å². The summed E-state index contributed by atoms with van der Waals surface area (Å²) in [5, 5.41) is 3.76. The molecule has 0 spiro atoms. The van der Waals surface area contributed by atoms with Crippen LogP contribution in [0.4, 0.5) is 0 Å². The Labute approximate surface area is 109 Å². The van der Waals surface area contributed by atoms with E-state index in [4.69, 9.17) is 0 Å². The third-order valence-electron chi connectivity index (χ3n) is 3.61. The number of aryl methyl sites for hydroxylation is 1. The molecule has 3 rings (SSSR count). The van der Waals surface area contributed by atoms with E-state index in [9.17, 15) is 0 Å². The van der Waals surface area contributed by atoms with Crippen molar-refractivity contribution in [2.75, 3.05) is 0 Å². The Morgan fingerprint density at radius 3 is 2.28 bits per heavy atom. The van der Waals surface area contributed by atoms with Gasteiger partial charge in [0.05, 0.1) is 6.04 Å². The van der Waals surface area contributed by atoms with Crippen molar-refractivity contribution in [2.24, 2.45) is 0 Å². The van der Waals surface area contributed by atoms with E-state index in [1.165, 1.54) is 29.5 Å². The smallest absolute Gasteiger partial charge is 0.0581 e. The Kier molecular flexibility index (Phi) is 3.16. The normalized spacial score (nSPS) is 16.5. The first-order chi connectivity index (χ1) is 8.84. The van der Waals surface area contributed by atoms with Crippen LogP contribution in [0, 0.1) is 6.92 Å². The van der Waals surface area contributed by atoms with Gasteiger partial charge in [0.25, 0.3) is 0 Å². The van der Waals surface area contributed by atoms with E-state index >= 15 is 0 Å². The number of rotatable bonds is 4. The molecule has 1 N–H and O–H groups in total. The van der Waals surface area contributed by atoms with Crippen molar-refractivity contribution < 1.29 is 0 Å². The lowest BCUT2D eigenvalue weighted by atomic mass is 9.95. The molecule has 2 aromatic carbocycles. The van der Waals surface area contributed by atoms with Crippen molar-refractivity contribution in [3.8, 4) is 0 Å². The van der Waals surface area contributed by atoms with Crippen LogP contribution in [0.5, 0.6) is 0 Å². The Morgan fingerprint density at radius 2 is 1.61 bits per heavy atom. The quantitative estimate of drug-likeness (QED) is 0.852. The molecule has 0 saturated heterocycles. The van der Waals surface area contributed by atoms with Gasteiger partial charge in [-0.05, 0) is 36.5 Å². The first-order valence-corrected chi connectivity index (χ1v) is 6.71. The second-order valence-corrected chi connectivity index (χ2v) is 5.14. The molecular weight excluding hydrogens is 218 g/mol. The zero-order chi connectivity index (χ0) is 12.4. The highest BCUT2D eigenvalue weighted by molar-refractivity contribution is 5.37. The molecular formula is C17H19N. The molecule has 0 bridgehead atoms. The molecule has 0 amide bonds. The highest BCUT2D eigenvalue weighted by Crippen LogP contribution is 2.30. The van der Waals surface area contributed by atoms with Crippen LogP contribution in [0.1, 0.15) is 35.6 Å². The zero-order valence-corrected chi connectivity index (χ0v) is 10.8. The van der Waals surface area contributed by atoms with Gasteiger partial charge in [-0.2, -0.15) is 0 Å². The fourth-order valence-electron chi connectivity index (χ4n) is 2.41. The summed E-state index contributed by atoms with van der Waals surface area (Å²) in [6, 6.07) is 20.5. The van der Waals surface area contributed by atoms with Gasteiger partial charge in [-0.15, -0.1) is 0 Å². The first-order valence-electron chi connectivity index (χ1n) is 6.71. The average molecular weight is 237 g/mol. The maximum absolute atomic E-state index is 3.76. The van der Waals surface area contributed by atoms with E-state index < -0.39 is 0 Å². The van der Waals surface area contributed by atoms with E-state index in [0.29, 0.717) is 12.1 Å². The van der Waals surface area contributed by atoms with Gasteiger partial charge in [0.15, 0.2) is 0 Å². The third-order valence-corrected chi connectivity index (χ3v) is 3.61. The second-order valence-electron chi connectivity index (χ2n) is 5.14. The van der Waals surface area contributed by atoms with E-state index in [2.05, 4.69) is 66.8 Å². The lowest BCUT2D eigenvalue weighted by Crippen LogP contribution is -2.25. The summed E-state index contributed by atoms with van der Waals surface area (Å²) in [6.07, 6.45) is 2.63. The molecule has 1 saturated carbocycles. The predicted molar refractivity (Wildman–Crippen MR) is 75.6 cm³/mol. The minimum Gasteiger partial charge on any atom is -0.303 e. The fourth-order valence-corrected chi connectivity index (χ4v) is 2.41. The summed E-state index contributed by atoms with van der Waals surface area (Å²) < 4.78 is 0. The van der Waals surface area contributed by atoms with Crippen molar-refractivity contribution in [1.29, 1.82) is 0 Å². The molecule has 1 aliphatic carbocycles. The van der Waals surface area contributed by atoms with Gasteiger partial charge < -0.3 is 5.32 Å². The topological polar surface area (TPSA) is 12.0 Å². The van der Waals surface area contributed by atoms with Crippen molar-refractivity contribution in [1.82, 2.24) is 5.32 Å². The highest BCUT2D eigenvalue weighted by Gasteiger charge is 2.26. The Bertz CT molecular complexity index is 514. The summed E-state index contributed by atoms with van der Waals surface area (Å²) in [6.45, 7) is 2.19. The molecule has 1 heteroatoms. The first kappa shape index (κ1) is 11.5. The largest absolute Gasteiger partial charge is 0.303 e. The Morgan fingerprint density at radius 1 is 0.944 bits per heavy atom. The maximum atomic E-state index is 3.76. The number of hydrogen-bond donors (Lipinski definition) is 1. The molecule has 1 aliphatic rings. The molecule has 1 fully saturated rings. The van der Waals surface area contributed by atoms with Crippen LogP contribution < -0.4 is 5.32 Å². The summed E-state index contributed by atoms with van der Waals surface area (Å²) in [5.41, 5.74) is 4.12. The van der Waals surface area contributed by atoms with Crippen LogP contribution >= 0.6 is 0 Å². The third kappa shape index (κ3) is 2.46. The number of hydrogen-bond acceptors (Lipinski definition) is 1. The lowest BCUT2D eigenvalue weighted by Gasteiger charge is -2.21. The molecule has 2 aromatic rings. The van der Waals surface area contributed by atoms with Crippen molar-refractivity contribution in [2.45, 2.75) is 31.8 Å². The van der Waals surface area contributed by atoms with Gasteiger partial charge in [-0.3, -0.25) is 0 Å². The Hall–Kier alpha value is -1.60. The molecule has 0 radical (unpaired) electrons. The van der Waals surface area contributed by atoms with Crippen LogP contribution in [0.3, 0.4) is 0 Å². The van der Waals surface area contributed by atoms with Gasteiger partial charge in [-0.25, -0.2) is 0 Å². The van der Waals surface area contributed by atoms with Gasteiger partial charge in [0.2, 0.25) is 0 Å². The summed E-state index contributed by atoms with van der Waals surface area (Å²) in [5.74, 6) is 0. The van der Waals surface area contributed by atoms with Crippen LogP contribution in [0.15, 0.2) is 54.6 Å². The molecule has 1 atom stereocenters. The predicted octanol–water partition coefficient (Wildman–Crippen LogP) is 3.84. The minimum absolute atomic E-state index is 0.333. The van der Waals surface area contributed by atoms with Gasteiger partial charge >= 0.3 is 0 Å². The molecule has 0 aliphatic heterocycles. The second kappa shape index (κ2) is 4.95. The van der Waals surface area contributed by atoms with Crippen molar-refractivity contribution in [3.63, 3.8) is 0 Å². The maximum Gasteiger partial charge on any atom is 0.0581 e. The summed E-state index contributed by atoms with van der Waals surface area (Å²) in [7, 11) is 0. The number of nitrogens with one attached hydrogen (secondary N) is 1. The van der Waals surface area contributed by atoms with Crippen molar-refractivity contribution in [3.05, 3.63) is 71.3 Å². The fraction of sp³-hybridized carbons (Fsp3) is 0.294. The lowest BCUT2D eigenvalue weighted by molar-refractivity contribution is 0.598. The zero-order valence-electron chi connectivity index (χ0n) is 10.8. The SMILES string of the molecule is Cc1ccccc1C(NC1CC1)c1ccccc1. The summed E-state index contributed by atoms with van der Waals surface area (Å²) >= 11 is 0. The molecule has 0 heterocycles. The molecule has 1 nitrogen and oxygen atoms in total. The molecule has 18 heavy (non-hydrogen) atoms. The van der Waals surface area contributed by atoms with Crippen LogP contribution in [-0.4, -0.2) is 6.04 Å². The average Bonchev–Trinajstić information content (AvgIpc) is 3.22. The molecule has 92 valence electrons. The van der Waals surface area contributed by atoms with Crippen molar-refractivity contribution >= 4 is 0 Å². The summed E-state index contributed by atoms with van der Waals surface area (Å²) in [4.78, 5) is 0. The van der Waals surface area contributed by atoms with Crippen LogP contribution in [-0.2, 0) is 0 Å². The van der Waals surface area contributed by atoms with Gasteiger partial charge in [0, 0.05) is 6.04 Å². The highest BCUT2D eigenvalue weighted by atomic mass is 15.0. The van der Waals surface area contributed by atoms with Gasteiger partial charge in [-0.1, -0.05) is 54.6 Å². The van der Waals surface area contributed by atoms with Crippen LogP contribution in [0.2, 0.25) is 0 Å². The van der Waals surface area contributed by atoms with E-state index in [1.54, 1.807) is 0 Å². The molecule has 0 aromatic heterocycles. The van der Waals surface area contributed by atoms with Crippen LogP contribution in [0.25, 0.3) is 0 Å². The number of benzene rings is 2. The van der Waals surface area contributed by atoms with Gasteiger partial charge in [0.1, 0.15) is 0 Å².